The fourth-order valence-corrected chi connectivity index (χ4v) is 1.39. The molecule has 0 fully saturated rings. The van der Waals surface area contributed by atoms with E-state index in [1.807, 2.05) is 38.2 Å². The minimum Gasteiger partial charge on any atom is -0.494 e. The van der Waals surface area contributed by atoms with Gasteiger partial charge in [0, 0.05) is 0 Å². The Bertz CT molecular complexity index is 296. The van der Waals surface area contributed by atoms with E-state index in [1.54, 1.807) is 0 Å². The molecule has 0 radical (unpaired) electrons. The van der Waals surface area contributed by atoms with Crippen LogP contribution < -0.4 is 10.1 Å². The Hall–Kier alpha value is -1.28. The molecule has 1 aromatic rings. The monoisotopic (exact) mass is 191 g/mol. The molecule has 1 aromatic carbocycles. The molecule has 0 saturated heterocycles. The van der Waals surface area contributed by atoms with Gasteiger partial charge in [0.15, 0.2) is 0 Å². The molecule has 0 bridgehead atoms. The summed E-state index contributed by atoms with van der Waals surface area (Å²) in [5, 5.41) is 3.16. The molecule has 1 unspecified atom stereocenters. The molecule has 1 atom stereocenters. The number of likely N-dealkylation sites (N-methyl/N-ethyl adjacent to an activating group) is 1. The quantitative estimate of drug-likeness (QED) is 0.722. The molecule has 0 aliphatic heterocycles. The summed E-state index contributed by atoms with van der Waals surface area (Å²) in [4.78, 5) is 0. The molecule has 0 amide bonds. The van der Waals surface area contributed by atoms with Gasteiger partial charge in [0.2, 0.25) is 0 Å². The van der Waals surface area contributed by atoms with Gasteiger partial charge in [-0.25, -0.2) is 0 Å². The summed E-state index contributed by atoms with van der Waals surface area (Å²) in [6.07, 6.45) is 1.88. The molecule has 2 heteroatoms. The molecule has 76 valence electrons. The molecular formula is C12H17NO. The predicted molar refractivity (Wildman–Crippen MR) is 59.6 cm³/mol. The fourth-order valence-electron chi connectivity index (χ4n) is 1.39. The third-order valence-corrected chi connectivity index (χ3v) is 2.07. The molecule has 1 N–H and O–H groups in total. The van der Waals surface area contributed by atoms with Crippen LogP contribution >= 0.6 is 0 Å². The van der Waals surface area contributed by atoms with Crippen molar-refractivity contribution in [2.24, 2.45) is 0 Å². The van der Waals surface area contributed by atoms with Crippen molar-refractivity contribution in [3.05, 3.63) is 42.5 Å². The van der Waals surface area contributed by atoms with E-state index in [0.717, 1.165) is 5.75 Å². The lowest BCUT2D eigenvalue weighted by Crippen LogP contribution is -2.13. The summed E-state index contributed by atoms with van der Waals surface area (Å²) in [5.41, 5.74) is 1.17. The Morgan fingerprint density at radius 3 is 2.93 bits per heavy atom. The topological polar surface area (TPSA) is 21.3 Å². The van der Waals surface area contributed by atoms with Gasteiger partial charge in [0.05, 0.1) is 12.6 Å². The van der Waals surface area contributed by atoms with E-state index in [9.17, 15) is 0 Å². The van der Waals surface area contributed by atoms with Crippen LogP contribution in [0.15, 0.2) is 36.9 Å². The third-order valence-electron chi connectivity index (χ3n) is 2.07. The Kier molecular flexibility index (Phi) is 4.20. The zero-order valence-electron chi connectivity index (χ0n) is 8.79. The van der Waals surface area contributed by atoms with Gasteiger partial charge in [-0.15, -0.1) is 6.58 Å². The van der Waals surface area contributed by atoms with Gasteiger partial charge in [-0.05, 0) is 31.7 Å². The first-order chi connectivity index (χ1) is 6.81. The zero-order valence-corrected chi connectivity index (χ0v) is 8.79. The predicted octanol–water partition coefficient (Wildman–Crippen LogP) is 2.53. The van der Waals surface area contributed by atoms with Crippen molar-refractivity contribution in [1.82, 2.24) is 5.32 Å². The van der Waals surface area contributed by atoms with Crippen molar-refractivity contribution in [3.63, 3.8) is 0 Å². The molecule has 0 aromatic heterocycles. The molecule has 14 heavy (non-hydrogen) atoms. The third kappa shape index (κ3) is 2.60. The lowest BCUT2D eigenvalue weighted by atomic mass is 10.1. The van der Waals surface area contributed by atoms with Gasteiger partial charge in [-0.3, -0.25) is 0 Å². The summed E-state index contributed by atoms with van der Waals surface area (Å²) in [6, 6.07) is 8.24. The molecule has 0 saturated carbocycles. The Labute approximate surface area is 85.6 Å². The molecule has 2 nitrogen and oxygen atoms in total. The van der Waals surface area contributed by atoms with Crippen molar-refractivity contribution in [2.75, 3.05) is 13.7 Å². The van der Waals surface area contributed by atoms with Crippen molar-refractivity contribution >= 4 is 0 Å². The van der Waals surface area contributed by atoms with E-state index in [2.05, 4.69) is 18.0 Å². The van der Waals surface area contributed by atoms with Crippen LogP contribution in [0.2, 0.25) is 0 Å². The number of rotatable bonds is 5. The summed E-state index contributed by atoms with van der Waals surface area (Å²) < 4.78 is 5.42. The lowest BCUT2D eigenvalue weighted by Gasteiger charge is -2.12. The molecule has 0 spiro atoms. The van der Waals surface area contributed by atoms with Gasteiger partial charge < -0.3 is 10.1 Å². The normalized spacial score (nSPS) is 12.1. The van der Waals surface area contributed by atoms with Gasteiger partial charge in [-0.1, -0.05) is 18.2 Å². The minimum absolute atomic E-state index is 0.190. The van der Waals surface area contributed by atoms with Gasteiger partial charge >= 0.3 is 0 Å². The Balaban J connectivity index is 2.86. The SMILES string of the molecule is C=CC(NC)c1cccc(OCC)c1. The van der Waals surface area contributed by atoms with Crippen molar-refractivity contribution in [2.45, 2.75) is 13.0 Å². The van der Waals surface area contributed by atoms with E-state index in [0.29, 0.717) is 6.61 Å². The zero-order chi connectivity index (χ0) is 10.4. The Morgan fingerprint density at radius 2 is 2.36 bits per heavy atom. The van der Waals surface area contributed by atoms with Gasteiger partial charge in [-0.2, -0.15) is 0 Å². The first kappa shape index (κ1) is 10.8. The number of benzene rings is 1. The second-order valence-electron chi connectivity index (χ2n) is 3.01. The summed E-state index contributed by atoms with van der Waals surface area (Å²) >= 11 is 0. The molecule has 0 aliphatic rings. The molecule has 0 heterocycles. The number of hydrogen-bond donors (Lipinski definition) is 1. The van der Waals surface area contributed by atoms with Crippen LogP contribution in [0.25, 0.3) is 0 Å². The number of nitrogens with one attached hydrogen (secondary N) is 1. The summed E-state index contributed by atoms with van der Waals surface area (Å²) in [6.45, 7) is 6.46. The van der Waals surface area contributed by atoms with Crippen LogP contribution in [0.1, 0.15) is 18.5 Å². The maximum Gasteiger partial charge on any atom is 0.119 e. The Morgan fingerprint density at radius 1 is 1.57 bits per heavy atom. The van der Waals surface area contributed by atoms with E-state index in [4.69, 9.17) is 4.74 Å². The molecule has 0 aliphatic carbocycles. The van der Waals surface area contributed by atoms with E-state index < -0.39 is 0 Å². The number of hydrogen-bond acceptors (Lipinski definition) is 2. The standard InChI is InChI=1S/C12H17NO/c1-4-12(13-3)10-7-6-8-11(9-10)14-5-2/h4,6-9,12-13H,1,5H2,2-3H3. The largest absolute Gasteiger partial charge is 0.494 e. The van der Waals surface area contributed by atoms with E-state index >= 15 is 0 Å². The first-order valence-corrected chi connectivity index (χ1v) is 4.84. The second kappa shape index (κ2) is 5.45. The van der Waals surface area contributed by atoms with Crippen molar-refractivity contribution in [1.29, 1.82) is 0 Å². The number of ether oxygens (including phenoxy) is 1. The highest BCUT2D eigenvalue weighted by Crippen LogP contribution is 2.19. The van der Waals surface area contributed by atoms with Crippen molar-refractivity contribution in [3.8, 4) is 5.75 Å². The van der Waals surface area contributed by atoms with Crippen molar-refractivity contribution < 1.29 is 4.74 Å². The molecular weight excluding hydrogens is 174 g/mol. The highest BCUT2D eigenvalue weighted by molar-refractivity contribution is 5.32. The second-order valence-corrected chi connectivity index (χ2v) is 3.01. The summed E-state index contributed by atoms with van der Waals surface area (Å²) in [7, 11) is 1.92. The van der Waals surface area contributed by atoms with E-state index in [1.165, 1.54) is 5.56 Å². The highest BCUT2D eigenvalue weighted by atomic mass is 16.5. The van der Waals surface area contributed by atoms with Gasteiger partial charge in [0.25, 0.3) is 0 Å². The van der Waals surface area contributed by atoms with Crippen LogP contribution in [0.5, 0.6) is 5.75 Å². The lowest BCUT2D eigenvalue weighted by molar-refractivity contribution is 0.339. The van der Waals surface area contributed by atoms with Crippen LogP contribution in [0.4, 0.5) is 0 Å². The maximum atomic E-state index is 5.42. The van der Waals surface area contributed by atoms with Crippen LogP contribution in [0, 0.1) is 0 Å². The van der Waals surface area contributed by atoms with Crippen LogP contribution in [-0.4, -0.2) is 13.7 Å². The average molecular weight is 191 g/mol. The van der Waals surface area contributed by atoms with Crippen LogP contribution in [0.3, 0.4) is 0 Å². The van der Waals surface area contributed by atoms with Gasteiger partial charge in [0.1, 0.15) is 5.75 Å². The average Bonchev–Trinajstić information content (AvgIpc) is 2.21. The fraction of sp³-hybridized carbons (Fsp3) is 0.333. The van der Waals surface area contributed by atoms with E-state index in [-0.39, 0.29) is 6.04 Å². The minimum atomic E-state index is 0.190. The highest BCUT2D eigenvalue weighted by Gasteiger charge is 2.04. The first-order valence-electron chi connectivity index (χ1n) is 4.84. The maximum absolute atomic E-state index is 5.42. The van der Waals surface area contributed by atoms with Crippen LogP contribution in [-0.2, 0) is 0 Å². The smallest absolute Gasteiger partial charge is 0.119 e. The molecule has 1 rings (SSSR count). The summed E-state index contributed by atoms with van der Waals surface area (Å²) in [5.74, 6) is 0.909.